The molecule has 0 aromatic heterocycles. The first-order valence-electron chi connectivity index (χ1n) is 7.70. The average Bonchev–Trinajstić information content (AvgIpc) is 2.88. The molecule has 1 spiro atoms. The average molecular weight is 280 g/mol. The summed E-state index contributed by atoms with van der Waals surface area (Å²) in [5.41, 5.74) is 1.45. The molecule has 2 saturated heterocycles. The topological polar surface area (TPSA) is 26.3 Å². The molecule has 0 aromatic rings. The Balaban J connectivity index is 1.58. The second kappa shape index (κ2) is 6.01. The summed E-state index contributed by atoms with van der Waals surface area (Å²) >= 11 is 1.98. The van der Waals surface area contributed by atoms with Gasteiger partial charge in [-0.1, -0.05) is 11.6 Å². The van der Waals surface area contributed by atoms with Gasteiger partial charge in [0.15, 0.2) is 0 Å². The van der Waals surface area contributed by atoms with Crippen LogP contribution in [0.3, 0.4) is 0 Å². The zero-order chi connectivity index (χ0) is 13.1. The summed E-state index contributed by atoms with van der Waals surface area (Å²) in [5, 5.41) is 0. The highest BCUT2D eigenvalue weighted by Crippen LogP contribution is 2.41. The van der Waals surface area contributed by atoms with Gasteiger partial charge < -0.3 is 4.74 Å². The second-order valence-electron chi connectivity index (χ2n) is 6.28. The number of thioether (sulfide) groups is 1. The molecule has 0 radical (unpaired) electrons. The first kappa shape index (κ1) is 13.7. The number of carbonyl (C=O) groups excluding carboxylic acids is 1. The van der Waals surface area contributed by atoms with Crippen LogP contribution < -0.4 is 0 Å². The number of hydrogen-bond acceptors (Lipinski definition) is 3. The smallest absolute Gasteiger partial charge is 0.140 e. The molecule has 3 heteroatoms. The third-order valence-electron chi connectivity index (χ3n) is 4.80. The van der Waals surface area contributed by atoms with Crippen LogP contribution in [-0.4, -0.2) is 29.5 Å². The molecular weight excluding hydrogens is 256 g/mol. The maximum atomic E-state index is 12.5. The fraction of sp³-hybridized carbons (Fsp3) is 0.812. The normalized spacial score (nSPS) is 35.4. The summed E-state index contributed by atoms with van der Waals surface area (Å²) in [7, 11) is 0. The van der Waals surface area contributed by atoms with Crippen LogP contribution in [0.4, 0.5) is 0 Å². The van der Waals surface area contributed by atoms with Gasteiger partial charge in [0.1, 0.15) is 5.78 Å². The highest BCUT2D eigenvalue weighted by molar-refractivity contribution is 7.99. The van der Waals surface area contributed by atoms with Gasteiger partial charge in [-0.05, 0) is 50.7 Å². The lowest BCUT2D eigenvalue weighted by Gasteiger charge is -2.37. The molecule has 3 aliphatic rings. The minimum absolute atomic E-state index is 0.0458. The summed E-state index contributed by atoms with van der Waals surface area (Å²) in [4.78, 5) is 12.5. The number of carbonyl (C=O) groups is 1. The van der Waals surface area contributed by atoms with Crippen molar-refractivity contribution in [3.8, 4) is 0 Å². The van der Waals surface area contributed by atoms with E-state index in [-0.39, 0.29) is 11.5 Å². The summed E-state index contributed by atoms with van der Waals surface area (Å²) in [6.07, 6.45) is 11.0. The van der Waals surface area contributed by atoms with Crippen molar-refractivity contribution in [2.45, 2.75) is 57.0 Å². The van der Waals surface area contributed by atoms with Crippen LogP contribution in [0.25, 0.3) is 0 Å². The van der Waals surface area contributed by atoms with Crippen molar-refractivity contribution in [1.29, 1.82) is 0 Å². The van der Waals surface area contributed by atoms with Crippen LogP contribution in [-0.2, 0) is 9.53 Å². The molecule has 2 aliphatic heterocycles. The third kappa shape index (κ3) is 3.25. The van der Waals surface area contributed by atoms with Gasteiger partial charge in [0.2, 0.25) is 0 Å². The van der Waals surface area contributed by atoms with E-state index in [1.54, 1.807) is 0 Å². The van der Waals surface area contributed by atoms with Crippen molar-refractivity contribution in [2.24, 2.45) is 5.92 Å². The molecule has 2 nitrogen and oxygen atoms in total. The van der Waals surface area contributed by atoms with Gasteiger partial charge in [-0.2, -0.15) is 11.8 Å². The molecule has 0 saturated carbocycles. The van der Waals surface area contributed by atoms with Crippen molar-refractivity contribution >= 4 is 17.5 Å². The lowest BCUT2D eigenvalue weighted by Crippen LogP contribution is -2.42. The molecule has 2 heterocycles. The summed E-state index contributed by atoms with van der Waals surface area (Å²) < 4.78 is 6.01. The Morgan fingerprint density at radius 1 is 1.47 bits per heavy atom. The molecule has 3 rings (SSSR count). The van der Waals surface area contributed by atoms with Gasteiger partial charge in [0, 0.05) is 24.7 Å². The van der Waals surface area contributed by atoms with E-state index in [1.807, 2.05) is 11.8 Å². The Kier molecular flexibility index (Phi) is 4.33. The molecule has 0 N–H and O–H groups in total. The van der Waals surface area contributed by atoms with Gasteiger partial charge in [-0.3, -0.25) is 4.79 Å². The highest BCUT2D eigenvalue weighted by atomic mass is 32.2. The van der Waals surface area contributed by atoms with Crippen LogP contribution in [0.5, 0.6) is 0 Å². The first-order valence-corrected chi connectivity index (χ1v) is 8.85. The number of ketones is 1. The van der Waals surface area contributed by atoms with Crippen LogP contribution in [0.15, 0.2) is 11.6 Å². The third-order valence-corrected chi connectivity index (χ3v) is 6.02. The van der Waals surface area contributed by atoms with E-state index in [0.29, 0.717) is 12.2 Å². The van der Waals surface area contributed by atoms with E-state index in [0.717, 1.165) is 38.0 Å². The molecule has 2 atom stereocenters. The Morgan fingerprint density at radius 2 is 2.42 bits per heavy atom. The van der Waals surface area contributed by atoms with Crippen molar-refractivity contribution in [3.63, 3.8) is 0 Å². The molecule has 19 heavy (non-hydrogen) atoms. The van der Waals surface area contributed by atoms with Crippen LogP contribution in [0, 0.1) is 5.92 Å². The predicted molar refractivity (Wildman–Crippen MR) is 79.5 cm³/mol. The predicted octanol–water partition coefficient (Wildman–Crippen LogP) is 3.75. The lowest BCUT2D eigenvalue weighted by atomic mass is 9.81. The monoisotopic (exact) mass is 280 g/mol. The van der Waals surface area contributed by atoms with Gasteiger partial charge in [0.05, 0.1) is 5.60 Å². The zero-order valence-corrected chi connectivity index (χ0v) is 12.5. The van der Waals surface area contributed by atoms with E-state index >= 15 is 0 Å². The molecular formula is C16H24O2S. The van der Waals surface area contributed by atoms with E-state index in [9.17, 15) is 4.79 Å². The minimum atomic E-state index is 0.0458. The van der Waals surface area contributed by atoms with E-state index < -0.39 is 0 Å². The fourth-order valence-electron chi connectivity index (χ4n) is 3.60. The highest BCUT2D eigenvalue weighted by Gasteiger charge is 2.42. The molecule has 1 aliphatic carbocycles. The van der Waals surface area contributed by atoms with E-state index in [4.69, 9.17) is 4.74 Å². The first-order chi connectivity index (χ1) is 9.27. The molecule has 2 unspecified atom stereocenters. The van der Waals surface area contributed by atoms with Gasteiger partial charge in [-0.25, -0.2) is 0 Å². The summed E-state index contributed by atoms with van der Waals surface area (Å²) in [5.74, 6) is 3.04. The minimum Gasteiger partial charge on any atom is -0.374 e. The Labute approximate surface area is 120 Å². The molecule has 2 fully saturated rings. The molecule has 0 aromatic carbocycles. The summed E-state index contributed by atoms with van der Waals surface area (Å²) in [6, 6.07) is 0. The van der Waals surface area contributed by atoms with E-state index in [2.05, 4.69) is 6.08 Å². The quantitative estimate of drug-likeness (QED) is 0.737. The number of ether oxygens (including phenoxy) is 1. The largest absolute Gasteiger partial charge is 0.374 e. The van der Waals surface area contributed by atoms with Crippen LogP contribution in [0.2, 0.25) is 0 Å². The number of hydrogen-bond donors (Lipinski definition) is 0. The SMILES string of the molecule is O=C(CC1=CCCCC1)C1CCOC2(CCSC2)C1. The van der Waals surface area contributed by atoms with Crippen LogP contribution >= 0.6 is 11.8 Å². The molecule has 0 bridgehead atoms. The maximum absolute atomic E-state index is 12.5. The number of allylic oxidation sites excluding steroid dienone is 2. The van der Waals surface area contributed by atoms with Gasteiger partial charge in [-0.15, -0.1) is 0 Å². The van der Waals surface area contributed by atoms with E-state index in [1.165, 1.54) is 30.6 Å². The van der Waals surface area contributed by atoms with Crippen molar-refractivity contribution < 1.29 is 9.53 Å². The second-order valence-corrected chi connectivity index (χ2v) is 7.38. The fourth-order valence-corrected chi connectivity index (χ4v) is 4.98. The van der Waals surface area contributed by atoms with Gasteiger partial charge in [0.25, 0.3) is 0 Å². The Bertz CT molecular complexity index is 369. The van der Waals surface area contributed by atoms with Crippen molar-refractivity contribution in [2.75, 3.05) is 18.1 Å². The zero-order valence-electron chi connectivity index (χ0n) is 11.7. The van der Waals surface area contributed by atoms with Gasteiger partial charge >= 0.3 is 0 Å². The summed E-state index contributed by atoms with van der Waals surface area (Å²) in [6.45, 7) is 0.788. The number of rotatable bonds is 3. The lowest BCUT2D eigenvalue weighted by molar-refractivity contribution is -0.133. The maximum Gasteiger partial charge on any atom is 0.140 e. The molecule has 106 valence electrons. The molecule has 0 amide bonds. The Morgan fingerprint density at radius 3 is 3.16 bits per heavy atom. The standard InChI is InChI=1S/C16H24O2S/c17-15(10-13-4-2-1-3-5-13)14-6-8-18-16(11-14)7-9-19-12-16/h4,14H,1-3,5-12H2. The van der Waals surface area contributed by atoms with Crippen molar-refractivity contribution in [1.82, 2.24) is 0 Å². The number of Topliss-reactive ketones (excluding diaryl/α,β-unsaturated/α-hetero) is 1. The van der Waals surface area contributed by atoms with Crippen molar-refractivity contribution in [3.05, 3.63) is 11.6 Å². The Hall–Kier alpha value is -0.280. The van der Waals surface area contributed by atoms with Crippen LogP contribution in [0.1, 0.15) is 51.4 Å².